The second kappa shape index (κ2) is 11.7. The molecule has 0 radical (unpaired) electrons. The zero-order valence-corrected chi connectivity index (χ0v) is 25.6. The van der Waals surface area contributed by atoms with Crippen molar-refractivity contribution in [3.63, 3.8) is 0 Å². The summed E-state index contributed by atoms with van der Waals surface area (Å²) in [6.07, 6.45) is 15.8. The first-order valence-electron chi connectivity index (χ1n) is 16.0. The molecule has 1 saturated heterocycles. The van der Waals surface area contributed by atoms with Gasteiger partial charge in [-0.1, -0.05) is 45.4 Å². The number of allylic oxidation sites excluding steroid dienone is 1. The largest absolute Gasteiger partial charge is 0.440 e. The predicted molar refractivity (Wildman–Crippen MR) is 172 cm³/mol. The van der Waals surface area contributed by atoms with E-state index >= 15 is 0 Å². The van der Waals surface area contributed by atoms with Crippen LogP contribution in [0.4, 0.5) is 0 Å². The van der Waals surface area contributed by atoms with Crippen molar-refractivity contribution < 1.29 is 4.42 Å². The molecule has 3 aliphatic rings. The van der Waals surface area contributed by atoms with Gasteiger partial charge in [-0.3, -0.25) is 15.0 Å². The number of nitrogens with one attached hydrogen (secondary N) is 2. The molecule has 222 valence electrons. The molecule has 7 rings (SSSR count). The maximum absolute atomic E-state index is 6.04. The van der Waals surface area contributed by atoms with Gasteiger partial charge in [-0.2, -0.15) is 0 Å². The lowest BCUT2D eigenvalue weighted by atomic mass is 9.77. The van der Waals surface area contributed by atoms with Gasteiger partial charge in [0.2, 0.25) is 0 Å². The minimum atomic E-state index is 0.0855. The number of amidine groups is 1. The molecule has 0 bridgehead atoms. The number of oxazole rings is 1. The number of nitrogens with zero attached hydrogens (tertiary/aromatic N) is 4. The van der Waals surface area contributed by atoms with Crippen LogP contribution in [0.2, 0.25) is 0 Å². The number of piperidine rings is 1. The Morgan fingerprint density at radius 3 is 2.81 bits per heavy atom. The van der Waals surface area contributed by atoms with Crippen LogP contribution < -0.4 is 10.6 Å². The maximum atomic E-state index is 6.04. The molecule has 5 heterocycles. The van der Waals surface area contributed by atoms with Crippen molar-refractivity contribution in [1.82, 2.24) is 25.6 Å². The molecule has 43 heavy (non-hydrogen) atoms. The van der Waals surface area contributed by atoms with E-state index in [0.717, 1.165) is 78.6 Å². The average Bonchev–Trinajstić information content (AvgIpc) is 3.33. The van der Waals surface area contributed by atoms with Crippen LogP contribution in [0.1, 0.15) is 98.5 Å². The second-order valence-electron chi connectivity index (χ2n) is 13.3. The first-order chi connectivity index (χ1) is 20.9. The van der Waals surface area contributed by atoms with Crippen molar-refractivity contribution in [2.75, 3.05) is 13.1 Å². The lowest BCUT2D eigenvalue weighted by Crippen LogP contribution is -2.46. The lowest BCUT2D eigenvalue weighted by Gasteiger charge is -2.37. The summed E-state index contributed by atoms with van der Waals surface area (Å²) in [5.74, 6) is 2.58. The Morgan fingerprint density at radius 1 is 1.12 bits per heavy atom. The summed E-state index contributed by atoms with van der Waals surface area (Å²) in [5.41, 5.74) is 9.05. The highest BCUT2D eigenvalue weighted by Gasteiger charge is 2.34. The fourth-order valence-electron chi connectivity index (χ4n) is 6.66. The molecule has 2 aliphatic heterocycles. The Bertz CT molecular complexity index is 1650. The van der Waals surface area contributed by atoms with Gasteiger partial charge < -0.3 is 15.1 Å². The Balaban J connectivity index is 1.16. The fraction of sp³-hybridized carbons (Fsp3) is 0.444. The number of hydrogen-bond acceptors (Lipinski definition) is 6. The first-order valence-corrected chi connectivity index (χ1v) is 16.0. The number of aliphatic imine (C=N–C) groups is 1. The summed E-state index contributed by atoms with van der Waals surface area (Å²) in [4.78, 5) is 19.7. The SMILES string of the molecule is CC(CCc1cc(C2=CCc3cncc(C4CCC4)c3C(=NC3CCNCC3(C)C)N2)ccn1)c1nc2ccccc2o1. The topological polar surface area (TPSA) is 88.2 Å². The summed E-state index contributed by atoms with van der Waals surface area (Å²) in [6, 6.07) is 12.5. The lowest BCUT2D eigenvalue weighted by molar-refractivity contribution is 0.223. The molecular formula is C36H42N6O. The number of para-hydroxylation sites is 2. The monoisotopic (exact) mass is 574 g/mol. The first kappa shape index (κ1) is 28.0. The molecule has 7 nitrogen and oxygen atoms in total. The van der Waals surface area contributed by atoms with E-state index in [0.29, 0.717) is 5.92 Å². The van der Waals surface area contributed by atoms with Crippen LogP contribution in [-0.4, -0.2) is 39.9 Å². The second-order valence-corrected chi connectivity index (χ2v) is 13.3. The maximum Gasteiger partial charge on any atom is 0.198 e. The number of aryl methyl sites for hydroxylation is 1. The van der Waals surface area contributed by atoms with E-state index in [1.807, 2.05) is 36.7 Å². The van der Waals surface area contributed by atoms with Gasteiger partial charge in [0.25, 0.3) is 0 Å². The molecule has 1 saturated carbocycles. The molecule has 4 aromatic rings. The number of aromatic nitrogens is 3. The quantitative estimate of drug-likeness (QED) is 0.249. The van der Waals surface area contributed by atoms with Gasteiger partial charge in [0.15, 0.2) is 11.5 Å². The Hall–Kier alpha value is -3.84. The number of fused-ring (bicyclic) bond motifs is 2. The zero-order valence-electron chi connectivity index (χ0n) is 25.6. The van der Waals surface area contributed by atoms with Crippen LogP contribution in [0.15, 0.2) is 70.5 Å². The summed E-state index contributed by atoms with van der Waals surface area (Å²) < 4.78 is 6.04. The van der Waals surface area contributed by atoms with E-state index in [2.05, 4.69) is 55.8 Å². The predicted octanol–water partition coefficient (Wildman–Crippen LogP) is 6.94. The standard InChI is InChI=1S/C36H42N6O/c1-23(35-41-30-9-4-5-10-31(30)43-35)11-13-27-19-25(15-18-39-27)29-14-12-26-20-38-21-28(24-7-6-8-24)33(26)34(40-29)42-32-16-17-37-22-36(32,2)3/h4-5,9-10,14-15,18-21,23-24,32,37H,6-8,11-13,16-17,22H2,1-3H3,(H,40,42). The fourth-order valence-corrected chi connectivity index (χ4v) is 6.66. The average molecular weight is 575 g/mol. The van der Waals surface area contributed by atoms with Crippen molar-refractivity contribution in [3.05, 3.63) is 94.9 Å². The smallest absolute Gasteiger partial charge is 0.198 e. The number of rotatable bonds is 7. The Morgan fingerprint density at radius 2 is 2.00 bits per heavy atom. The Labute approximate surface area is 254 Å². The van der Waals surface area contributed by atoms with E-state index in [1.54, 1.807) is 0 Å². The van der Waals surface area contributed by atoms with Crippen molar-refractivity contribution in [2.45, 2.75) is 83.6 Å². The van der Waals surface area contributed by atoms with Crippen LogP contribution in [-0.2, 0) is 12.8 Å². The minimum Gasteiger partial charge on any atom is -0.440 e. The van der Waals surface area contributed by atoms with E-state index in [-0.39, 0.29) is 17.4 Å². The van der Waals surface area contributed by atoms with Crippen LogP contribution in [0.25, 0.3) is 16.8 Å². The number of hydrogen-bond donors (Lipinski definition) is 2. The molecule has 1 aromatic carbocycles. The van der Waals surface area contributed by atoms with Crippen LogP contribution >= 0.6 is 0 Å². The van der Waals surface area contributed by atoms with E-state index in [4.69, 9.17) is 24.4 Å². The molecular weight excluding hydrogens is 532 g/mol. The van der Waals surface area contributed by atoms with Gasteiger partial charge in [-0.25, -0.2) is 4.98 Å². The molecule has 2 N–H and O–H groups in total. The summed E-state index contributed by atoms with van der Waals surface area (Å²) in [5, 5.41) is 7.43. The van der Waals surface area contributed by atoms with E-state index < -0.39 is 0 Å². The van der Waals surface area contributed by atoms with E-state index in [9.17, 15) is 0 Å². The number of pyridine rings is 2. The molecule has 2 unspecified atom stereocenters. The van der Waals surface area contributed by atoms with Crippen molar-refractivity contribution >= 4 is 22.6 Å². The van der Waals surface area contributed by atoms with Gasteiger partial charge in [0.1, 0.15) is 11.4 Å². The highest BCUT2D eigenvalue weighted by atomic mass is 16.3. The molecule has 1 aliphatic carbocycles. The Kier molecular flexibility index (Phi) is 7.60. The third-order valence-corrected chi connectivity index (χ3v) is 9.67. The van der Waals surface area contributed by atoms with Gasteiger partial charge in [0.05, 0.1) is 6.04 Å². The summed E-state index contributed by atoms with van der Waals surface area (Å²) >= 11 is 0. The van der Waals surface area contributed by atoms with Crippen LogP contribution in [0.3, 0.4) is 0 Å². The van der Waals surface area contributed by atoms with Crippen molar-refractivity contribution in [2.24, 2.45) is 10.4 Å². The van der Waals surface area contributed by atoms with Gasteiger partial charge in [-0.15, -0.1) is 0 Å². The summed E-state index contributed by atoms with van der Waals surface area (Å²) in [6.45, 7) is 8.82. The van der Waals surface area contributed by atoms with Gasteiger partial charge in [0, 0.05) is 53.6 Å². The van der Waals surface area contributed by atoms with Gasteiger partial charge in [-0.05, 0) is 91.8 Å². The van der Waals surface area contributed by atoms with Crippen molar-refractivity contribution in [1.29, 1.82) is 0 Å². The van der Waals surface area contributed by atoms with Crippen LogP contribution in [0, 0.1) is 5.41 Å². The molecule has 7 heteroatoms. The molecule has 2 fully saturated rings. The number of benzene rings is 1. The highest BCUT2D eigenvalue weighted by Crippen LogP contribution is 2.40. The molecule has 3 aromatic heterocycles. The minimum absolute atomic E-state index is 0.0855. The third kappa shape index (κ3) is 5.75. The zero-order chi connectivity index (χ0) is 29.4. The normalized spacial score (nSPS) is 21.9. The third-order valence-electron chi connectivity index (χ3n) is 9.67. The molecule has 2 atom stereocenters. The van der Waals surface area contributed by atoms with Crippen LogP contribution in [0.5, 0.6) is 0 Å². The molecule has 0 spiro atoms. The summed E-state index contributed by atoms with van der Waals surface area (Å²) in [7, 11) is 0. The van der Waals surface area contributed by atoms with Crippen molar-refractivity contribution in [3.8, 4) is 0 Å². The van der Waals surface area contributed by atoms with E-state index in [1.165, 1.54) is 36.0 Å². The van der Waals surface area contributed by atoms with Gasteiger partial charge >= 0.3 is 0 Å². The molecule has 0 amide bonds. The highest BCUT2D eigenvalue weighted by molar-refractivity contribution is 6.06.